The predicted molar refractivity (Wildman–Crippen MR) is 158 cm³/mol. The van der Waals surface area contributed by atoms with E-state index in [0.717, 1.165) is 12.8 Å². The quantitative estimate of drug-likeness (QED) is 0.233. The summed E-state index contributed by atoms with van der Waals surface area (Å²) in [6.45, 7) is 2.21. The molecule has 1 nitrogen and oxygen atoms in total. The van der Waals surface area contributed by atoms with Crippen LogP contribution < -0.4 is 0 Å². The van der Waals surface area contributed by atoms with Crippen LogP contribution in [0.15, 0.2) is 116 Å². The highest BCUT2D eigenvalue weighted by atomic mass is 14.6. The van der Waals surface area contributed by atoms with Gasteiger partial charge in [0.15, 0.2) is 0 Å². The minimum absolute atomic E-state index is 1.11. The van der Waals surface area contributed by atoms with Crippen LogP contribution in [0.4, 0.5) is 0 Å². The molecule has 0 atom stereocenters. The van der Waals surface area contributed by atoms with E-state index in [9.17, 15) is 0 Å². The van der Waals surface area contributed by atoms with E-state index >= 15 is 0 Å². The van der Waals surface area contributed by atoms with Crippen molar-refractivity contribution in [2.75, 3.05) is 0 Å². The minimum Gasteiger partial charge on any atom is -0.265 e. The molecule has 0 aliphatic heterocycles. The van der Waals surface area contributed by atoms with E-state index in [-0.39, 0.29) is 0 Å². The maximum atomic E-state index is 4.19. The summed E-state index contributed by atoms with van der Waals surface area (Å²) in [4.78, 5) is 4.19. The molecule has 0 saturated carbocycles. The van der Waals surface area contributed by atoms with Crippen molar-refractivity contribution in [1.29, 1.82) is 0 Å². The molecule has 0 unspecified atom stereocenters. The van der Waals surface area contributed by atoms with E-state index in [4.69, 9.17) is 0 Å². The number of pyridine rings is 1. The first kappa shape index (κ1) is 21.8. The number of allylic oxidation sites excluding steroid dienone is 1. The molecular formula is C36H27N. The van der Waals surface area contributed by atoms with Gasteiger partial charge in [-0.3, -0.25) is 4.98 Å². The van der Waals surface area contributed by atoms with Crippen LogP contribution in [0.2, 0.25) is 0 Å². The predicted octanol–water partition coefficient (Wildman–Crippen LogP) is 9.66. The molecule has 6 aromatic rings. The maximum Gasteiger partial charge on any atom is 0.0273 e. The van der Waals surface area contributed by atoms with Crippen LogP contribution in [-0.2, 0) is 6.42 Å². The second kappa shape index (κ2) is 8.87. The van der Waals surface area contributed by atoms with Gasteiger partial charge in [-0.15, -0.1) is 0 Å². The molecule has 0 saturated heterocycles. The minimum atomic E-state index is 1.11. The standard InChI is InChI=1S/C36H27N/c1-24-22-28(16-17-30(24)26-18-20-37-21-19-26)35-31-10-4-6-12-33(31)36(34-13-7-5-11-32(34)35)29-15-14-25-8-2-3-9-27(25)23-29/h2,4-8,10-23H,3,9H2,1H3. The molecule has 37 heavy (non-hydrogen) atoms. The van der Waals surface area contributed by atoms with Gasteiger partial charge in [0, 0.05) is 12.4 Å². The van der Waals surface area contributed by atoms with E-state index < -0.39 is 0 Å². The topological polar surface area (TPSA) is 12.9 Å². The Morgan fingerprint density at radius 1 is 0.595 bits per heavy atom. The third kappa shape index (κ3) is 3.67. The van der Waals surface area contributed by atoms with Crippen LogP contribution in [-0.4, -0.2) is 4.98 Å². The van der Waals surface area contributed by atoms with Crippen LogP contribution in [0, 0.1) is 6.92 Å². The Hall–Kier alpha value is -4.49. The van der Waals surface area contributed by atoms with E-state index in [1.807, 2.05) is 12.4 Å². The zero-order chi connectivity index (χ0) is 24.8. The highest BCUT2D eigenvalue weighted by Crippen LogP contribution is 2.44. The molecule has 1 heteroatoms. The second-order valence-corrected chi connectivity index (χ2v) is 9.96. The van der Waals surface area contributed by atoms with Crippen molar-refractivity contribution in [3.63, 3.8) is 0 Å². The highest BCUT2D eigenvalue weighted by Gasteiger charge is 2.18. The Labute approximate surface area is 217 Å². The molecule has 0 fully saturated rings. The molecule has 0 amide bonds. The van der Waals surface area contributed by atoms with Crippen molar-refractivity contribution in [3.8, 4) is 33.4 Å². The lowest BCUT2D eigenvalue weighted by atomic mass is 9.84. The van der Waals surface area contributed by atoms with Gasteiger partial charge in [0.25, 0.3) is 0 Å². The maximum absolute atomic E-state index is 4.19. The summed E-state index contributed by atoms with van der Waals surface area (Å²) in [5, 5.41) is 5.20. The number of fused-ring (bicyclic) bond motifs is 3. The third-order valence-electron chi connectivity index (χ3n) is 7.75. The molecule has 1 aromatic heterocycles. The highest BCUT2D eigenvalue weighted by molar-refractivity contribution is 6.21. The molecule has 1 heterocycles. The Morgan fingerprint density at radius 3 is 1.81 bits per heavy atom. The first-order chi connectivity index (χ1) is 18.3. The van der Waals surface area contributed by atoms with Gasteiger partial charge in [-0.25, -0.2) is 0 Å². The first-order valence-corrected chi connectivity index (χ1v) is 13.0. The zero-order valence-corrected chi connectivity index (χ0v) is 20.9. The SMILES string of the molecule is Cc1cc(-c2c3ccccc3c(-c3ccc4c(c3)CCC=C4)c3ccccc23)ccc1-c1ccncc1. The van der Waals surface area contributed by atoms with E-state index in [1.54, 1.807) is 0 Å². The molecule has 176 valence electrons. The third-order valence-corrected chi connectivity index (χ3v) is 7.75. The molecule has 0 radical (unpaired) electrons. The summed E-state index contributed by atoms with van der Waals surface area (Å²) >= 11 is 0. The fourth-order valence-corrected chi connectivity index (χ4v) is 6.01. The van der Waals surface area contributed by atoms with E-state index in [2.05, 4.69) is 121 Å². The lowest BCUT2D eigenvalue weighted by Crippen LogP contribution is -1.96. The largest absolute Gasteiger partial charge is 0.265 e. The number of aryl methyl sites for hydroxylation is 2. The van der Waals surface area contributed by atoms with Gasteiger partial charge in [0.1, 0.15) is 0 Å². The van der Waals surface area contributed by atoms with Gasteiger partial charge in [-0.1, -0.05) is 97.1 Å². The zero-order valence-electron chi connectivity index (χ0n) is 20.9. The van der Waals surface area contributed by atoms with Crippen molar-refractivity contribution >= 4 is 27.6 Å². The lowest BCUT2D eigenvalue weighted by Gasteiger charge is -2.20. The molecule has 0 N–H and O–H groups in total. The van der Waals surface area contributed by atoms with Crippen molar-refractivity contribution in [2.45, 2.75) is 19.8 Å². The molecule has 0 spiro atoms. The second-order valence-electron chi connectivity index (χ2n) is 9.96. The van der Waals surface area contributed by atoms with Gasteiger partial charge in [-0.2, -0.15) is 0 Å². The normalized spacial score (nSPS) is 12.7. The number of aromatic nitrogens is 1. The van der Waals surface area contributed by atoms with Crippen molar-refractivity contribution in [1.82, 2.24) is 4.98 Å². The summed E-state index contributed by atoms with van der Waals surface area (Å²) in [7, 11) is 0. The molecule has 7 rings (SSSR count). The Balaban J connectivity index is 1.50. The number of hydrogen-bond donors (Lipinski definition) is 0. The first-order valence-electron chi connectivity index (χ1n) is 13.0. The smallest absolute Gasteiger partial charge is 0.0273 e. The van der Waals surface area contributed by atoms with E-state index in [1.165, 1.54) is 71.6 Å². The molecule has 1 aliphatic rings. The number of benzene rings is 5. The molecular weight excluding hydrogens is 446 g/mol. The molecule has 0 bridgehead atoms. The fourth-order valence-electron chi connectivity index (χ4n) is 6.01. The van der Waals surface area contributed by atoms with Gasteiger partial charge >= 0.3 is 0 Å². The van der Waals surface area contributed by atoms with Crippen molar-refractivity contribution < 1.29 is 0 Å². The molecule has 5 aromatic carbocycles. The summed E-state index contributed by atoms with van der Waals surface area (Å²) in [5.41, 5.74) is 11.7. The van der Waals surface area contributed by atoms with Gasteiger partial charge in [-0.05, 0) is 104 Å². The average molecular weight is 474 g/mol. The van der Waals surface area contributed by atoms with Gasteiger partial charge < -0.3 is 0 Å². The molecule has 1 aliphatic carbocycles. The average Bonchev–Trinajstić information content (AvgIpc) is 2.96. The van der Waals surface area contributed by atoms with E-state index in [0.29, 0.717) is 0 Å². The van der Waals surface area contributed by atoms with Gasteiger partial charge in [0.05, 0.1) is 0 Å². The van der Waals surface area contributed by atoms with Crippen molar-refractivity contribution in [3.05, 3.63) is 132 Å². The van der Waals surface area contributed by atoms with Crippen LogP contribution in [0.3, 0.4) is 0 Å². The monoisotopic (exact) mass is 473 g/mol. The lowest BCUT2D eigenvalue weighted by molar-refractivity contribution is 0.986. The number of rotatable bonds is 3. The van der Waals surface area contributed by atoms with Gasteiger partial charge in [0.2, 0.25) is 0 Å². The Kier molecular flexibility index (Phi) is 5.22. The Bertz CT molecular complexity index is 1770. The number of nitrogens with zero attached hydrogens (tertiary/aromatic N) is 1. The van der Waals surface area contributed by atoms with Crippen LogP contribution in [0.25, 0.3) is 61.0 Å². The van der Waals surface area contributed by atoms with Crippen molar-refractivity contribution in [2.24, 2.45) is 0 Å². The Morgan fingerprint density at radius 2 is 1.19 bits per heavy atom. The summed E-state index contributed by atoms with van der Waals surface area (Å²) < 4.78 is 0. The van der Waals surface area contributed by atoms with Crippen LogP contribution in [0.5, 0.6) is 0 Å². The summed E-state index contributed by atoms with van der Waals surface area (Å²) in [6.07, 6.45) is 10.5. The fraction of sp³-hybridized carbons (Fsp3) is 0.0833. The van der Waals surface area contributed by atoms with Crippen LogP contribution in [0.1, 0.15) is 23.1 Å². The number of hydrogen-bond acceptors (Lipinski definition) is 1. The summed E-state index contributed by atoms with van der Waals surface area (Å²) in [5.74, 6) is 0. The van der Waals surface area contributed by atoms with Crippen LogP contribution >= 0.6 is 0 Å². The summed E-state index contributed by atoms with van der Waals surface area (Å²) in [6, 6.07) is 35.9.